The second kappa shape index (κ2) is 6.78. The molecule has 1 nitrogen and oxygen atoms in total. The average molecular weight is 288 g/mol. The molecule has 0 amide bonds. The maximum absolute atomic E-state index is 13.4. The van der Waals surface area contributed by atoms with Crippen LogP contribution in [0.3, 0.4) is 0 Å². The number of halogens is 2. The Morgan fingerprint density at radius 2 is 2.39 bits per heavy atom. The van der Waals surface area contributed by atoms with E-state index in [0.29, 0.717) is 10.3 Å². The molecule has 100 valence electrons. The first-order chi connectivity index (χ1) is 8.72. The van der Waals surface area contributed by atoms with Gasteiger partial charge in [0.15, 0.2) is 0 Å². The van der Waals surface area contributed by atoms with E-state index in [0.717, 1.165) is 18.5 Å². The zero-order chi connectivity index (χ0) is 13.0. The minimum atomic E-state index is -0.208. The molecule has 0 bridgehead atoms. The molecule has 1 fully saturated rings. The second-order valence-corrected chi connectivity index (χ2v) is 6.40. The molecule has 1 saturated heterocycles. The number of rotatable bonds is 5. The van der Waals surface area contributed by atoms with Gasteiger partial charge >= 0.3 is 0 Å². The molecule has 1 aliphatic rings. The molecule has 2 unspecified atom stereocenters. The fourth-order valence-electron chi connectivity index (χ4n) is 2.36. The van der Waals surface area contributed by atoms with Crippen molar-refractivity contribution in [2.24, 2.45) is 0 Å². The lowest BCUT2D eigenvalue weighted by Crippen LogP contribution is -2.30. The van der Waals surface area contributed by atoms with Gasteiger partial charge in [-0.25, -0.2) is 4.39 Å². The summed E-state index contributed by atoms with van der Waals surface area (Å²) < 4.78 is 13.4. The lowest BCUT2D eigenvalue weighted by molar-refractivity contribution is 0.500. The van der Waals surface area contributed by atoms with Gasteiger partial charge in [0.2, 0.25) is 0 Å². The van der Waals surface area contributed by atoms with Crippen LogP contribution in [-0.4, -0.2) is 17.5 Å². The smallest absolute Gasteiger partial charge is 0.123 e. The highest BCUT2D eigenvalue weighted by atomic mass is 35.5. The largest absolute Gasteiger partial charge is 0.309 e. The van der Waals surface area contributed by atoms with Crippen LogP contribution >= 0.6 is 23.4 Å². The van der Waals surface area contributed by atoms with Crippen molar-refractivity contribution in [3.8, 4) is 0 Å². The number of hydrogen-bond donors (Lipinski definition) is 1. The summed E-state index contributed by atoms with van der Waals surface area (Å²) in [4.78, 5) is 0. The van der Waals surface area contributed by atoms with Crippen LogP contribution in [0.1, 0.15) is 37.8 Å². The van der Waals surface area contributed by atoms with Gasteiger partial charge in [-0.2, -0.15) is 11.8 Å². The number of thioether (sulfide) groups is 1. The molecule has 1 aromatic rings. The third-order valence-electron chi connectivity index (χ3n) is 3.24. The van der Waals surface area contributed by atoms with Gasteiger partial charge in [0.25, 0.3) is 0 Å². The van der Waals surface area contributed by atoms with Crippen molar-refractivity contribution in [3.05, 3.63) is 34.6 Å². The molecule has 1 aliphatic heterocycles. The van der Waals surface area contributed by atoms with Gasteiger partial charge in [-0.15, -0.1) is 0 Å². The third-order valence-corrected chi connectivity index (χ3v) is 5.05. The topological polar surface area (TPSA) is 12.0 Å². The maximum atomic E-state index is 13.4. The van der Waals surface area contributed by atoms with Gasteiger partial charge in [-0.3, -0.25) is 0 Å². The van der Waals surface area contributed by atoms with E-state index < -0.39 is 0 Å². The van der Waals surface area contributed by atoms with Gasteiger partial charge in [0.1, 0.15) is 5.82 Å². The second-order valence-electron chi connectivity index (χ2n) is 4.65. The summed E-state index contributed by atoms with van der Waals surface area (Å²) in [6.45, 7) is 3.08. The SMILES string of the molecule is CCCNC(c1cc(F)ccc1Cl)C1CCCS1. The molecule has 0 radical (unpaired) electrons. The fraction of sp³-hybridized carbons (Fsp3) is 0.571. The predicted octanol–water partition coefficient (Wildman–Crippen LogP) is 4.42. The van der Waals surface area contributed by atoms with Crippen LogP contribution in [0.25, 0.3) is 0 Å². The van der Waals surface area contributed by atoms with Crippen LogP contribution in [0.2, 0.25) is 5.02 Å². The molecule has 1 aromatic carbocycles. The van der Waals surface area contributed by atoms with Crippen molar-refractivity contribution in [2.45, 2.75) is 37.5 Å². The minimum absolute atomic E-state index is 0.167. The van der Waals surface area contributed by atoms with E-state index in [-0.39, 0.29) is 11.9 Å². The first-order valence-electron chi connectivity index (χ1n) is 6.52. The number of hydrogen-bond acceptors (Lipinski definition) is 2. The maximum Gasteiger partial charge on any atom is 0.123 e. The molecule has 18 heavy (non-hydrogen) atoms. The van der Waals surface area contributed by atoms with E-state index in [9.17, 15) is 4.39 Å². The van der Waals surface area contributed by atoms with Crippen molar-refractivity contribution in [2.75, 3.05) is 12.3 Å². The summed E-state index contributed by atoms with van der Waals surface area (Å²) in [6, 6.07) is 4.83. The van der Waals surface area contributed by atoms with Crippen LogP contribution in [0, 0.1) is 5.82 Å². The summed E-state index contributed by atoms with van der Waals surface area (Å²) in [5, 5.41) is 4.70. The molecular formula is C14H19ClFNS. The van der Waals surface area contributed by atoms with E-state index >= 15 is 0 Å². The summed E-state index contributed by atoms with van der Waals surface area (Å²) in [7, 11) is 0. The molecular weight excluding hydrogens is 269 g/mol. The molecule has 1 heterocycles. The highest BCUT2D eigenvalue weighted by Gasteiger charge is 2.28. The fourth-order valence-corrected chi connectivity index (χ4v) is 4.00. The number of nitrogens with one attached hydrogen (secondary N) is 1. The Labute approximate surface area is 117 Å². The molecule has 4 heteroatoms. The van der Waals surface area contributed by atoms with E-state index in [1.165, 1.54) is 24.7 Å². The molecule has 0 aliphatic carbocycles. The Morgan fingerprint density at radius 3 is 3.06 bits per heavy atom. The Bertz CT molecular complexity index is 393. The van der Waals surface area contributed by atoms with Gasteiger partial charge in [-0.05, 0) is 55.3 Å². The number of benzene rings is 1. The highest BCUT2D eigenvalue weighted by molar-refractivity contribution is 8.00. The monoisotopic (exact) mass is 287 g/mol. The van der Waals surface area contributed by atoms with Gasteiger partial charge < -0.3 is 5.32 Å². The van der Waals surface area contributed by atoms with E-state index in [1.807, 2.05) is 11.8 Å². The van der Waals surface area contributed by atoms with E-state index in [2.05, 4.69) is 12.2 Å². The van der Waals surface area contributed by atoms with Gasteiger partial charge in [0, 0.05) is 16.3 Å². The lowest BCUT2D eigenvalue weighted by atomic mass is 10.0. The molecule has 0 spiro atoms. The standard InChI is InChI=1S/C14H19ClFNS/c1-2-7-17-14(13-4-3-8-18-13)11-9-10(16)5-6-12(11)15/h5-6,9,13-14,17H,2-4,7-8H2,1H3. The Balaban J connectivity index is 2.23. The summed E-state index contributed by atoms with van der Waals surface area (Å²) in [5.74, 6) is 0.989. The molecule has 1 N–H and O–H groups in total. The van der Waals surface area contributed by atoms with E-state index in [4.69, 9.17) is 11.6 Å². The molecule has 0 aromatic heterocycles. The van der Waals surface area contributed by atoms with Crippen LogP contribution in [0.5, 0.6) is 0 Å². The Kier molecular flexibility index (Phi) is 5.34. The Morgan fingerprint density at radius 1 is 1.56 bits per heavy atom. The molecule has 0 saturated carbocycles. The van der Waals surface area contributed by atoms with Crippen molar-refractivity contribution in [1.29, 1.82) is 0 Å². The van der Waals surface area contributed by atoms with Crippen molar-refractivity contribution < 1.29 is 4.39 Å². The van der Waals surface area contributed by atoms with Crippen LogP contribution in [0.4, 0.5) is 4.39 Å². The van der Waals surface area contributed by atoms with Crippen molar-refractivity contribution >= 4 is 23.4 Å². The predicted molar refractivity (Wildman–Crippen MR) is 77.9 cm³/mol. The quantitative estimate of drug-likeness (QED) is 0.860. The van der Waals surface area contributed by atoms with Crippen LogP contribution in [-0.2, 0) is 0 Å². The average Bonchev–Trinajstić information content (AvgIpc) is 2.88. The zero-order valence-electron chi connectivity index (χ0n) is 10.6. The normalized spacial score (nSPS) is 21.2. The summed E-state index contributed by atoms with van der Waals surface area (Å²) >= 11 is 8.20. The first-order valence-corrected chi connectivity index (χ1v) is 7.95. The van der Waals surface area contributed by atoms with E-state index in [1.54, 1.807) is 12.1 Å². The zero-order valence-corrected chi connectivity index (χ0v) is 12.2. The van der Waals surface area contributed by atoms with Crippen molar-refractivity contribution in [3.63, 3.8) is 0 Å². The van der Waals surface area contributed by atoms with Crippen molar-refractivity contribution in [1.82, 2.24) is 5.32 Å². The van der Waals surface area contributed by atoms with Gasteiger partial charge in [0.05, 0.1) is 0 Å². The molecule has 2 atom stereocenters. The highest BCUT2D eigenvalue weighted by Crippen LogP contribution is 2.38. The van der Waals surface area contributed by atoms with Crippen LogP contribution in [0.15, 0.2) is 18.2 Å². The van der Waals surface area contributed by atoms with Gasteiger partial charge in [-0.1, -0.05) is 18.5 Å². The summed E-state index contributed by atoms with van der Waals surface area (Å²) in [5.41, 5.74) is 0.907. The first kappa shape index (κ1) is 14.2. The Hall–Kier alpha value is -0.250. The lowest BCUT2D eigenvalue weighted by Gasteiger charge is -2.25. The summed E-state index contributed by atoms with van der Waals surface area (Å²) in [6.07, 6.45) is 3.49. The third kappa shape index (κ3) is 3.40. The van der Waals surface area contributed by atoms with Crippen LogP contribution < -0.4 is 5.32 Å². The molecule has 2 rings (SSSR count). The minimum Gasteiger partial charge on any atom is -0.309 e.